The summed E-state index contributed by atoms with van der Waals surface area (Å²) in [4.78, 5) is 6.40. The molecule has 2 rings (SSSR count). The maximum atomic E-state index is 12.9. The summed E-state index contributed by atoms with van der Waals surface area (Å²) in [6.07, 6.45) is -14.9. The van der Waals surface area contributed by atoms with Crippen LogP contribution in [0.15, 0.2) is 24.3 Å². The Morgan fingerprint density at radius 2 is 1.48 bits per heavy atom. The largest absolute Gasteiger partial charge is 0.483 e. The van der Waals surface area contributed by atoms with E-state index in [1.165, 1.54) is 0 Å². The molecule has 0 aliphatic carbocycles. The van der Waals surface area contributed by atoms with E-state index in [0.717, 1.165) is 6.07 Å². The van der Waals surface area contributed by atoms with Crippen molar-refractivity contribution in [2.45, 2.75) is 18.5 Å². The maximum Gasteiger partial charge on any atom is 0.433 e. The molecule has 0 bridgehead atoms. The highest BCUT2D eigenvalue weighted by atomic mass is 35.5. The van der Waals surface area contributed by atoms with Gasteiger partial charge in [-0.25, -0.2) is 9.97 Å². The Balaban J connectivity index is 2.54. The van der Waals surface area contributed by atoms with Gasteiger partial charge in [0.1, 0.15) is 11.4 Å². The second-order valence-corrected chi connectivity index (χ2v) is 5.36. The zero-order valence-corrected chi connectivity index (χ0v) is 13.4. The third-order valence-corrected chi connectivity index (χ3v) is 3.13. The minimum atomic E-state index is -5.06. The topological polar surface area (TPSA) is 35.0 Å². The molecule has 0 radical (unpaired) electrons. The number of hydrogen-bond donors (Lipinski definition) is 0. The van der Waals surface area contributed by atoms with E-state index in [9.17, 15) is 39.5 Å². The average Bonchev–Trinajstić information content (AvgIpc) is 2.49. The highest BCUT2D eigenvalue weighted by molar-refractivity contribution is 6.28. The predicted octanol–water partition coefficient (Wildman–Crippen LogP) is 5.78. The van der Waals surface area contributed by atoms with Gasteiger partial charge < -0.3 is 4.74 Å². The number of rotatable bonds is 3. The Labute approximate surface area is 149 Å². The fourth-order valence-electron chi connectivity index (χ4n) is 1.91. The summed E-state index contributed by atoms with van der Waals surface area (Å²) >= 11 is 5.39. The van der Waals surface area contributed by atoms with Crippen LogP contribution in [-0.2, 0) is 12.4 Å². The van der Waals surface area contributed by atoms with Crippen LogP contribution in [0, 0.1) is 0 Å². The molecule has 0 saturated heterocycles. The average molecular weight is 425 g/mol. The summed E-state index contributed by atoms with van der Waals surface area (Å²) in [5.41, 5.74) is -3.94. The molecular formula is C14H6ClF9N2O. The van der Waals surface area contributed by atoms with Crippen LogP contribution < -0.4 is 4.74 Å². The normalized spacial score (nSPS) is 13.0. The van der Waals surface area contributed by atoms with Crippen LogP contribution >= 0.6 is 11.6 Å². The first kappa shape index (κ1) is 21.1. The van der Waals surface area contributed by atoms with Gasteiger partial charge in [-0.15, -0.1) is 0 Å². The van der Waals surface area contributed by atoms with E-state index >= 15 is 0 Å². The van der Waals surface area contributed by atoms with Crippen molar-refractivity contribution in [1.82, 2.24) is 9.97 Å². The molecule has 1 aromatic carbocycles. The molecule has 0 aliphatic heterocycles. The molecule has 0 atom stereocenters. The van der Waals surface area contributed by atoms with Gasteiger partial charge >= 0.3 is 18.5 Å². The van der Waals surface area contributed by atoms with Crippen molar-refractivity contribution in [2.24, 2.45) is 0 Å². The summed E-state index contributed by atoms with van der Waals surface area (Å²) in [5, 5.41) is -0.850. The molecule has 0 spiro atoms. The quantitative estimate of drug-likeness (QED) is 0.463. The van der Waals surface area contributed by atoms with Crippen LogP contribution in [0.5, 0.6) is 5.75 Å². The van der Waals surface area contributed by atoms with Crippen molar-refractivity contribution in [1.29, 1.82) is 0 Å². The highest BCUT2D eigenvalue weighted by Gasteiger charge is 2.37. The van der Waals surface area contributed by atoms with E-state index in [-0.39, 0.29) is 5.56 Å². The van der Waals surface area contributed by atoms with Crippen LogP contribution in [0.4, 0.5) is 39.5 Å². The van der Waals surface area contributed by atoms with Gasteiger partial charge in [-0.05, 0) is 29.8 Å². The van der Waals surface area contributed by atoms with Gasteiger partial charge in [0.2, 0.25) is 5.28 Å². The Morgan fingerprint density at radius 3 is 2.00 bits per heavy atom. The molecule has 27 heavy (non-hydrogen) atoms. The van der Waals surface area contributed by atoms with Crippen molar-refractivity contribution in [3.8, 4) is 17.0 Å². The number of nitrogens with zero attached hydrogens (tertiary/aromatic N) is 2. The van der Waals surface area contributed by atoms with E-state index in [1.807, 2.05) is 0 Å². The van der Waals surface area contributed by atoms with Gasteiger partial charge in [-0.2, -0.15) is 39.5 Å². The van der Waals surface area contributed by atoms with Gasteiger partial charge in [0, 0.05) is 5.56 Å². The fourth-order valence-corrected chi connectivity index (χ4v) is 2.09. The third kappa shape index (κ3) is 5.62. The van der Waals surface area contributed by atoms with Crippen LogP contribution in [0.3, 0.4) is 0 Å². The molecular weight excluding hydrogens is 419 g/mol. The van der Waals surface area contributed by atoms with Gasteiger partial charge in [0.05, 0.1) is 11.3 Å². The van der Waals surface area contributed by atoms with E-state index in [4.69, 9.17) is 11.6 Å². The van der Waals surface area contributed by atoms with Crippen LogP contribution in [0.1, 0.15) is 11.3 Å². The summed E-state index contributed by atoms with van der Waals surface area (Å²) in [6.45, 7) is -2.03. The zero-order chi connectivity index (χ0) is 20.6. The van der Waals surface area contributed by atoms with Crippen LogP contribution in [0.25, 0.3) is 11.3 Å². The minimum Gasteiger partial charge on any atom is -0.483 e. The summed E-state index contributed by atoms with van der Waals surface area (Å²) in [5.74, 6) is -1.22. The second-order valence-electron chi connectivity index (χ2n) is 5.02. The Bertz CT molecular complexity index is 831. The minimum absolute atomic E-state index is 0.365. The number of benzene rings is 1. The molecule has 0 saturated carbocycles. The summed E-state index contributed by atoms with van der Waals surface area (Å²) in [7, 11) is 0. The molecule has 0 amide bonds. The third-order valence-electron chi connectivity index (χ3n) is 2.96. The van der Waals surface area contributed by atoms with Gasteiger partial charge in [-0.3, -0.25) is 0 Å². The van der Waals surface area contributed by atoms with Crippen molar-refractivity contribution in [2.75, 3.05) is 6.61 Å². The number of ether oxygens (including phenoxy) is 1. The smallest absolute Gasteiger partial charge is 0.433 e. The van der Waals surface area contributed by atoms with Crippen molar-refractivity contribution in [3.05, 3.63) is 40.8 Å². The zero-order valence-electron chi connectivity index (χ0n) is 12.6. The number of alkyl halides is 9. The van der Waals surface area contributed by atoms with Gasteiger partial charge in [-0.1, -0.05) is 6.07 Å². The monoisotopic (exact) mass is 424 g/mol. The lowest BCUT2D eigenvalue weighted by Crippen LogP contribution is -2.21. The predicted molar refractivity (Wildman–Crippen MR) is 74.0 cm³/mol. The molecule has 1 heterocycles. The Hall–Kier alpha value is -2.24. The molecule has 2 aromatic rings. The van der Waals surface area contributed by atoms with E-state index in [1.54, 1.807) is 0 Å². The number of aromatic nitrogens is 2. The maximum absolute atomic E-state index is 12.9. The highest BCUT2D eigenvalue weighted by Crippen LogP contribution is 2.39. The van der Waals surface area contributed by atoms with E-state index in [0.29, 0.717) is 18.2 Å². The van der Waals surface area contributed by atoms with Crippen molar-refractivity contribution < 1.29 is 44.3 Å². The van der Waals surface area contributed by atoms with E-state index in [2.05, 4.69) is 14.7 Å². The summed E-state index contributed by atoms with van der Waals surface area (Å²) in [6, 6.07) is 1.97. The fraction of sp³-hybridized carbons (Fsp3) is 0.286. The standard InChI is InChI=1S/C14H6ClF9N2O/c15-11-25-8(4-10(26-11)14(22,23)24)6-1-2-7(13(19,20)21)9(3-6)27-5-12(16,17)18/h1-4H,5H2. The number of hydrogen-bond acceptors (Lipinski definition) is 3. The molecule has 3 nitrogen and oxygen atoms in total. The van der Waals surface area contributed by atoms with Crippen LogP contribution in [0.2, 0.25) is 5.28 Å². The lowest BCUT2D eigenvalue weighted by Gasteiger charge is -2.16. The number of halogens is 10. The molecule has 148 valence electrons. The van der Waals surface area contributed by atoms with E-state index < -0.39 is 53.1 Å². The van der Waals surface area contributed by atoms with Gasteiger partial charge in [0.25, 0.3) is 0 Å². The Kier molecular flexibility index (Phi) is 5.51. The molecule has 0 fully saturated rings. The first-order chi connectivity index (χ1) is 12.2. The lowest BCUT2D eigenvalue weighted by molar-refractivity contribution is -0.158. The van der Waals surface area contributed by atoms with Crippen molar-refractivity contribution >= 4 is 11.6 Å². The summed E-state index contributed by atoms with van der Waals surface area (Å²) < 4.78 is 118. The Morgan fingerprint density at radius 1 is 0.852 bits per heavy atom. The first-order valence-electron chi connectivity index (χ1n) is 6.70. The molecule has 1 aromatic heterocycles. The molecule has 0 unspecified atom stereocenters. The SMILES string of the molecule is FC(F)(F)COc1cc(-c2cc(C(F)(F)F)nc(Cl)n2)ccc1C(F)(F)F. The lowest BCUT2D eigenvalue weighted by atomic mass is 10.1. The van der Waals surface area contributed by atoms with Crippen molar-refractivity contribution in [3.63, 3.8) is 0 Å². The molecule has 0 N–H and O–H groups in total. The van der Waals surface area contributed by atoms with Gasteiger partial charge in [0.15, 0.2) is 6.61 Å². The van der Waals surface area contributed by atoms with Crippen LogP contribution in [-0.4, -0.2) is 22.8 Å². The molecule has 13 heteroatoms. The molecule has 0 aliphatic rings. The first-order valence-corrected chi connectivity index (χ1v) is 7.07. The second kappa shape index (κ2) is 7.06.